The summed E-state index contributed by atoms with van der Waals surface area (Å²) in [6.07, 6.45) is 2.47. The molecule has 0 bridgehead atoms. The highest BCUT2D eigenvalue weighted by atomic mass is 16.5. The Morgan fingerprint density at radius 1 is 1.04 bits per heavy atom. The van der Waals surface area contributed by atoms with Crippen LogP contribution in [0.2, 0.25) is 0 Å². The zero-order valence-corrected chi connectivity index (χ0v) is 13.0. The van der Waals surface area contributed by atoms with E-state index < -0.39 is 6.10 Å². The van der Waals surface area contributed by atoms with Crippen molar-refractivity contribution < 1.29 is 9.84 Å². The van der Waals surface area contributed by atoms with Crippen LogP contribution >= 0.6 is 0 Å². The summed E-state index contributed by atoms with van der Waals surface area (Å²) in [5.41, 5.74) is 2.46. The lowest BCUT2D eigenvalue weighted by Crippen LogP contribution is -2.32. The number of aromatic nitrogens is 1. The van der Waals surface area contributed by atoms with E-state index >= 15 is 0 Å². The minimum absolute atomic E-state index is 0.296. The van der Waals surface area contributed by atoms with Crippen LogP contribution in [0.25, 0.3) is 10.9 Å². The van der Waals surface area contributed by atoms with Gasteiger partial charge in [-0.3, -0.25) is 0 Å². The molecule has 4 heteroatoms. The fraction of sp³-hybridized carbons (Fsp3) is 0.263. The zero-order valence-electron chi connectivity index (χ0n) is 13.0. The predicted molar refractivity (Wildman–Crippen MR) is 92.8 cm³/mol. The molecule has 0 saturated heterocycles. The second kappa shape index (κ2) is 7.81. The van der Waals surface area contributed by atoms with Crippen LogP contribution in [0.15, 0.2) is 60.8 Å². The van der Waals surface area contributed by atoms with Crippen molar-refractivity contribution in [3.63, 3.8) is 0 Å². The predicted octanol–water partition coefficient (Wildman–Crippen LogP) is 2.74. The molecule has 3 N–H and O–H groups in total. The van der Waals surface area contributed by atoms with E-state index in [1.54, 1.807) is 0 Å². The van der Waals surface area contributed by atoms with Crippen molar-refractivity contribution in [3.8, 4) is 5.75 Å². The Balaban J connectivity index is 1.38. The summed E-state index contributed by atoms with van der Waals surface area (Å²) in [4.78, 5) is 3.28. The number of aliphatic hydroxyl groups is 1. The van der Waals surface area contributed by atoms with Gasteiger partial charge in [-0.2, -0.15) is 0 Å². The van der Waals surface area contributed by atoms with Crippen LogP contribution in [0.3, 0.4) is 0 Å². The minimum Gasteiger partial charge on any atom is -0.491 e. The molecule has 0 spiro atoms. The summed E-state index contributed by atoms with van der Waals surface area (Å²) in [6.45, 7) is 1.64. The molecule has 1 atom stereocenters. The molecule has 3 rings (SSSR count). The smallest absolute Gasteiger partial charge is 0.119 e. The van der Waals surface area contributed by atoms with Crippen LogP contribution in [0.1, 0.15) is 5.56 Å². The molecular weight excluding hydrogens is 288 g/mol. The highest BCUT2D eigenvalue weighted by Gasteiger charge is 2.06. The molecule has 2 aromatic carbocycles. The van der Waals surface area contributed by atoms with Crippen LogP contribution < -0.4 is 10.1 Å². The molecule has 0 unspecified atom stereocenters. The highest BCUT2D eigenvalue weighted by molar-refractivity contribution is 5.83. The SMILES string of the molecule is O[C@@H](CNCCc1c[nH]c2ccccc12)COc1ccccc1. The molecule has 120 valence electrons. The topological polar surface area (TPSA) is 57.3 Å². The molecule has 0 aliphatic heterocycles. The number of hydrogen-bond donors (Lipinski definition) is 3. The van der Waals surface area contributed by atoms with Gasteiger partial charge in [-0.25, -0.2) is 0 Å². The van der Waals surface area contributed by atoms with Gasteiger partial charge < -0.3 is 20.1 Å². The summed E-state index contributed by atoms with van der Waals surface area (Å²) in [6, 6.07) is 17.8. The molecule has 0 amide bonds. The Morgan fingerprint density at radius 3 is 2.70 bits per heavy atom. The molecule has 1 aromatic heterocycles. The number of para-hydroxylation sites is 2. The van der Waals surface area contributed by atoms with Crippen molar-refractivity contribution in [2.75, 3.05) is 19.7 Å². The van der Waals surface area contributed by atoms with Gasteiger partial charge in [0.2, 0.25) is 0 Å². The van der Waals surface area contributed by atoms with E-state index in [9.17, 15) is 5.11 Å². The molecule has 0 fully saturated rings. The molecule has 23 heavy (non-hydrogen) atoms. The molecule has 4 nitrogen and oxygen atoms in total. The number of H-pyrrole nitrogens is 1. The lowest BCUT2D eigenvalue weighted by Gasteiger charge is -2.13. The van der Waals surface area contributed by atoms with E-state index in [1.165, 1.54) is 16.5 Å². The lowest BCUT2D eigenvalue weighted by molar-refractivity contribution is 0.106. The third-order valence-electron chi connectivity index (χ3n) is 3.81. The number of benzene rings is 2. The van der Waals surface area contributed by atoms with Gasteiger partial charge >= 0.3 is 0 Å². The number of fused-ring (bicyclic) bond motifs is 1. The first-order valence-electron chi connectivity index (χ1n) is 7.94. The summed E-state index contributed by atoms with van der Waals surface area (Å²) < 4.78 is 5.53. The van der Waals surface area contributed by atoms with Crippen LogP contribution in [0.4, 0.5) is 0 Å². The van der Waals surface area contributed by atoms with Crippen molar-refractivity contribution in [1.82, 2.24) is 10.3 Å². The Bertz CT molecular complexity index is 724. The Morgan fingerprint density at radius 2 is 1.83 bits per heavy atom. The van der Waals surface area contributed by atoms with E-state index in [0.29, 0.717) is 13.2 Å². The third-order valence-corrected chi connectivity index (χ3v) is 3.81. The van der Waals surface area contributed by atoms with Crippen molar-refractivity contribution in [2.45, 2.75) is 12.5 Å². The van der Waals surface area contributed by atoms with Crippen LogP contribution in [-0.2, 0) is 6.42 Å². The second-order valence-electron chi connectivity index (χ2n) is 5.59. The van der Waals surface area contributed by atoms with E-state index in [-0.39, 0.29) is 0 Å². The fourth-order valence-corrected chi connectivity index (χ4v) is 2.60. The van der Waals surface area contributed by atoms with Crippen molar-refractivity contribution in [2.24, 2.45) is 0 Å². The van der Waals surface area contributed by atoms with Crippen LogP contribution in [0.5, 0.6) is 5.75 Å². The maximum absolute atomic E-state index is 9.95. The van der Waals surface area contributed by atoms with E-state index in [4.69, 9.17) is 4.74 Å². The Hall–Kier alpha value is -2.30. The zero-order chi connectivity index (χ0) is 15.9. The van der Waals surface area contributed by atoms with Gasteiger partial charge in [0.1, 0.15) is 18.5 Å². The fourth-order valence-electron chi connectivity index (χ4n) is 2.60. The van der Waals surface area contributed by atoms with Crippen molar-refractivity contribution in [3.05, 3.63) is 66.4 Å². The number of hydrogen-bond acceptors (Lipinski definition) is 3. The van der Waals surface area contributed by atoms with Crippen LogP contribution in [-0.4, -0.2) is 35.9 Å². The van der Waals surface area contributed by atoms with E-state index in [1.807, 2.05) is 36.4 Å². The van der Waals surface area contributed by atoms with Gasteiger partial charge in [0.25, 0.3) is 0 Å². The Kier molecular flexibility index (Phi) is 5.29. The average Bonchev–Trinajstić information content (AvgIpc) is 3.01. The number of aromatic amines is 1. The van der Waals surface area contributed by atoms with Gasteiger partial charge in [0, 0.05) is 23.6 Å². The third kappa shape index (κ3) is 4.34. The largest absolute Gasteiger partial charge is 0.491 e. The molecular formula is C19H22N2O2. The molecule has 1 heterocycles. The first-order valence-corrected chi connectivity index (χ1v) is 7.94. The molecule has 0 aliphatic rings. The normalized spacial score (nSPS) is 12.4. The monoisotopic (exact) mass is 310 g/mol. The van der Waals surface area contributed by atoms with Gasteiger partial charge in [-0.1, -0.05) is 36.4 Å². The number of aliphatic hydroxyl groups excluding tert-OH is 1. The van der Waals surface area contributed by atoms with Gasteiger partial charge in [0.15, 0.2) is 0 Å². The van der Waals surface area contributed by atoms with E-state index in [2.05, 4.69) is 34.7 Å². The summed E-state index contributed by atoms with van der Waals surface area (Å²) >= 11 is 0. The molecule has 0 saturated carbocycles. The number of ether oxygens (including phenoxy) is 1. The summed E-state index contributed by atoms with van der Waals surface area (Å²) in [5.74, 6) is 0.783. The van der Waals surface area contributed by atoms with E-state index in [0.717, 1.165) is 18.7 Å². The second-order valence-corrected chi connectivity index (χ2v) is 5.59. The standard InChI is InChI=1S/C19H22N2O2/c22-16(14-23-17-6-2-1-3-7-17)13-20-11-10-15-12-21-19-9-5-4-8-18(15)19/h1-9,12,16,20-22H,10-11,13-14H2/t16-/m0/s1. The molecule has 0 aliphatic carbocycles. The maximum Gasteiger partial charge on any atom is 0.119 e. The maximum atomic E-state index is 9.95. The minimum atomic E-state index is -0.516. The van der Waals surface area contributed by atoms with Gasteiger partial charge in [0.05, 0.1) is 0 Å². The number of rotatable bonds is 8. The first kappa shape index (κ1) is 15.6. The summed E-state index contributed by atoms with van der Waals surface area (Å²) in [5, 5.41) is 14.5. The molecule has 0 radical (unpaired) electrons. The quantitative estimate of drug-likeness (QED) is 0.561. The van der Waals surface area contributed by atoms with Crippen LogP contribution in [0, 0.1) is 0 Å². The van der Waals surface area contributed by atoms with Crippen molar-refractivity contribution >= 4 is 10.9 Å². The first-order chi connectivity index (χ1) is 11.3. The van der Waals surface area contributed by atoms with Crippen molar-refractivity contribution in [1.29, 1.82) is 0 Å². The highest BCUT2D eigenvalue weighted by Crippen LogP contribution is 2.17. The Labute approximate surface area is 136 Å². The summed E-state index contributed by atoms with van der Waals surface area (Å²) in [7, 11) is 0. The lowest BCUT2D eigenvalue weighted by atomic mass is 10.1. The van der Waals surface area contributed by atoms with Gasteiger partial charge in [-0.15, -0.1) is 0 Å². The average molecular weight is 310 g/mol. The number of nitrogens with one attached hydrogen (secondary N) is 2. The molecule has 3 aromatic rings. The van der Waals surface area contributed by atoms with Gasteiger partial charge in [-0.05, 0) is 36.7 Å².